The summed E-state index contributed by atoms with van der Waals surface area (Å²) in [6, 6.07) is 48.5. The van der Waals surface area contributed by atoms with Crippen LogP contribution in [0.15, 0.2) is 133 Å². The lowest BCUT2D eigenvalue weighted by atomic mass is 9.72. The van der Waals surface area contributed by atoms with E-state index in [1.807, 2.05) is 13.8 Å². The second-order valence-electron chi connectivity index (χ2n) is 16.3. The first-order valence-electron chi connectivity index (χ1n) is 22.1. The molecule has 0 fully saturated rings. The van der Waals surface area contributed by atoms with E-state index in [1.54, 1.807) is 13.8 Å². The number of rotatable bonds is 10. The molecule has 4 heteroatoms. The van der Waals surface area contributed by atoms with Crippen molar-refractivity contribution in [1.29, 1.82) is 0 Å². The Morgan fingerprint density at radius 2 is 0.726 bits per heavy atom. The molecular formula is C58H52O4. The lowest BCUT2D eigenvalue weighted by Crippen LogP contribution is -2.23. The van der Waals surface area contributed by atoms with Gasteiger partial charge >= 0.3 is 11.9 Å². The molecule has 0 saturated heterocycles. The first kappa shape index (κ1) is 40.6. The summed E-state index contributed by atoms with van der Waals surface area (Å²) >= 11 is 0. The van der Waals surface area contributed by atoms with Crippen LogP contribution in [0.5, 0.6) is 0 Å². The first-order valence-corrected chi connectivity index (χ1v) is 22.1. The number of hydrogen-bond donors (Lipinski definition) is 0. The highest BCUT2D eigenvalue weighted by molar-refractivity contribution is 6.21. The van der Waals surface area contributed by atoms with Gasteiger partial charge in [-0.2, -0.15) is 0 Å². The number of fused-ring (bicyclic) bond motifs is 4. The fourth-order valence-corrected chi connectivity index (χ4v) is 10.4. The number of esters is 2. The van der Waals surface area contributed by atoms with E-state index >= 15 is 0 Å². The zero-order chi connectivity index (χ0) is 43.1. The van der Waals surface area contributed by atoms with E-state index < -0.39 is 11.9 Å². The number of carbonyl (C=O) groups is 2. The molecule has 0 aliphatic heterocycles. The summed E-state index contributed by atoms with van der Waals surface area (Å²) in [5, 5.41) is 4.96. The zero-order valence-electron chi connectivity index (χ0n) is 36.6. The molecule has 8 aromatic rings. The summed E-state index contributed by atoms with van der Waals surface area (Å²) in [4.78, 5) is 27.4. The molecule has 0 aromatic heterocycles. The molecule has 0 heterocycles. The average Bonchev–Trinajstić information content (AvgIpc) is 3.31. The van der Waals surface area contributed by atoms with E-state index in [4.69, 9.17) is 9.47 Å². The normalized spacial score (nSPS) is 12.0. The molecule has 0 saturated carbocycles. The van der Waals surface area contributed by atoms with Crippen LogP contribution in [0.25, 0.3) is 66.1 Å². The largest absolute Gasteiger partial charge is 0.462 e. The van der Waals surface area contributed by atoms with Gasteiger partial charge in [0.15, 0.2) is 0 Å². The van der Waals surface area contributed by atoms with Crippen molar-refractivity contribution in [1.82, 2.24) is 0 Å². The highest BCUT2D eigenvalue weighted by Crippen LogP contribution is 2.53. The molecule has 62 heavy (non-hydrogen) atoms. The molecule has 9 rings (SSSR count). The van der Waals surface area contributed by atoms with Crippen molar-refractivity contribution in [2.24, 2.45) is 0 Å². The number of benzene rings is 8. The molecule has 1 aliphatic rings. The highest BCUT2D eigenvalue weighted by Gasteiger charge is 2.34. The monoisotopic (exact) mass is 812 g/mol. The number of aryl methyl sites for hydroxylation is 2. The number of hydrogen-bond acceptors (Lipinski definition) is 4. The Morgan fingerprint density at radius 3 is 1.02 bits per heavy atom. The minimum Gasteiger partial charge on any atom is -0.462 e. The van der Waals surface area contributed by atoms with Gasteiger partial charge < -0.3 is 9.47 Å². The van der Waals surface area contributed by atoms with E-state index in [9.17, 15) is 9.59 Å². The van der Waals surface area contributed by atoms with E-state index in [2.05, 4.69) is 147 Å². The summed E-state index contributed by atoms with van der Waals surface area (Å²) in [5.41, 5.74) is 19.3. The van der Waals surface area contributed by atoms with Crippen LogP contribution >= 0.6 is 0 Å². The van der Waals surface area contributed by atoms with Crippen molar-refractivity contribution in [3.05, 3.63) is 189 Å². The van der Waals surface area contributed by atoms with E-state index in [0.717, 1.165) is 35.1 Å². The van der Waals surface area contributed by atoms with Crippen molar-refractivity contribution < 1.29 is 19.1 Å². The molecule has 8 aromatic carbocycles. The Hall–Kier alpha value is -6.78. The van der Waals surface area contributed by atoms with E-state index in [1.165, 1.54) is 88.3 Å². The SMILES string of the molecule is CCOC(=O)c1c(C)c2c(c(C)c1C(=O)OCC)Cc1c(c(CC)c3cc4c(-c5ccccc5)c(-c5ccccc5)c(-c5ccccc5)c(-c5ccccc5)c4cc3c1CC)C2. The molecule has 0 bridgehead atoms. The van der Waals surface area contributed by atoms with Gasteiger partial charge in [-0.05, 0) is 176 Å². The van der Waals surface area contributed by atoms with Gasteiger partial charge in [0.05, 0.1) is 24.3 Å². The van der Waals surface area contributed by atoms with Crippen LogP contribution in [0.2, 0.25) is 0 Å². The fraction of sp³-hybridized carbons (Fsp3) is 0.207. The minimum atomic E-state index is -0.480. The van der Waals surface area contributed by atoms with Gasteiger partial charge in [0.25, 0.3) is 0 Å². The van der Waals surface area contributed by atoms with Crippen molar-refractivity contribution in [2.45, 2.75) is 67.2 Å². The number of ether oxygens (including phenoxy) is 2. The topological polar surface area (TPSA) is 52.6 Å². The Morgan fingerprint density at radius 1 is 0.419 bits per heavy atom. The third kappa shape index (κ3) is 6.70. The summed E-state index contributed by atoms with van der Waals surface area (Å²) in [6.45, 7) is 12.5. The maximum absolute atomic E-state index is 13.7. The van der Waals surface area contributed by atoms with Crippen molar-refractivity contribution in [2.75, 3.05) is 13.2 Å². The summed E-state index contributed by atoms with van der Waals surface area (Å²) in [7, 11) is 0. The third-order valence-electron chi connectivity index (χ3n) is 13.1. The maximum atomic E-state index is 13.7. The van der Waals surface area contributed by atoms with Crippen LogP contribution in [-0.2, 0) is 35.2 Å². The van der Waals surface area contributed by atoms with Gasteiger partial charge in [-0.25, -0.2) is 9.59 Å². The van der Waals surface area contributed by atoms with Gasteiger partial charge in [0, 0.05) is 0 Å². The molecule has 0 spiro atoms. The lowest BCUT2D eigenvalue weighted by molar-refractivity contribution is 0.0477. The van der Waals surface area contributed by atoms with Gasteiger partial charge in [-0.3, -0.25) is 0 Å². The second kappa shape index (κ2) is 16.9. The molecule has 308 valence electrons. The van der Waals surface area contributed by atoms with Crippen LogP contribution in [0.4, 0.5) is 0 Å². The molecule has 1 aliphatic carbocycles. The quantitative estimate of drug-likeness (QED) is 0.102. The maximum Gasteiger partial charge on any atom is 0.339 e. The van der Waals surface area contributed by atoms with Crippen LogP contribution in [0, 0.1) is 13.8 Å². The van der Waals surface area contributed by atoms with Gasteiger partial charge in [-0.15, -0.1) is 0 Å². The molecule has 0 radical (unpaired) electrons. The van der Waals surface area contributed by atoms with Crippen LogP contribution < -0.4 is 0 Å². The molecule has 0 amide bonds. The van der Waals surface area contributed by atoms with E-state index in [0.29, 0.717) is 24.0 Å². The van der Waals surface area contributed by atoms with Crippen LogP contribution in [0.1, 0.15) is 92.9 Å². The predicted octanol–water partition coefficient (Wildman–Crippen LogP) is 14.3. The van der Waals surface area contributed by atoms with E-state index in [-0.39, 0.29) is 13.2 Å². The average molecular weight is 813 g/mol. The summed E-state index contributed by atoms with van der Waals surface area (Å²) < 4.78 is 11.2. The first-order chi connectivity index (χ1) is 30.3. The predicted molar refractivity (Wildman–Crippen MR) is 255 cm³/mol. The van der Waals surface area contributed by atoms with Crippen LogP contribution in [0.3, 0.4) is 0 Å². The molecular weight excluding hydrogens is 761 g/mol. The Bertz CT molecular complexity index is 2810. The third-order valence-corrected chi connectivity index (χ3v) is 13.1. The number of carbonyl (C=O) groups excluding carboxylic acids is 2. The lowest BCUT2D eigenvalue weighted by Gasteiger charge is -2.31. The van der Waals surface area contributed by atoms with Gasteiger partial charge in [0.1, 0.15) is 0 Å². The highest BCUT2D eigenvalue weighted by atomic mass is 16.5. The van der Waals surface area contributed by atoms with Crippen molar-refractivity contribution in [3.8, 4) is 44.5 Å². The van der Waals surface area contributed by atoms with Crippen LogP contribution in [-0.4, -0.2) is 25.2 Å². The second-order valence-corrected chi connectivity index (χ2v) is 16.3. The Kier molecular flexibility index (Phi) is 11.1. The molecule has 0 atom stereocenters. The summed E-state index contributed by atoms with van der Waals surface area (Å²) in [6.07, 6.45) is 3.01. The fourth-order valence-electron chi connectivity index (χ4n) is 10.4. The van der Waals surface area contributed by atoms with Crippen molar-refractivity contribution >= 4 is 33.5 Å². The minimum absolute atomic E-state index is 0.217. The van der Waals surface area contributed by atoms with Gasteiger partial charge in [-0.1, -0.05) is 135 Å². The Labute approximate surface area is 365 Å². The molecule has 0 N–H and O–H groups in total. The molecule has 4 nitrogen and oxygen atoms in total. The van der Waals surface area contributed by atoms with Crippen molar-refractivity contribution in [3.63, 3.8) is 0 Å². The smallest absolute Gasteiger partial charge is 0.339 e. The zero-order valence-corrected chi connectivity index (χ0v) is 36.6. The molecule has 0 unspecified atom stereocenters. The Balaban J connectivity index is 1.44. The standard InChI is InChI=1S/C58H52O4/c1-7-41-45-31-43-35(5)51(57(59)61-9-3)52(58(60)62-10-4)36(6)44(43)32-46(45)42(8-2)48-34-50-49(33-47(41)48)53(37-23-15-11-16-24-37)55(39-27-19-13-20-28-39)56(40-29-21-14-22-30-40)54(50)38-25-17-12-18-26-38/h11-30,33-34H,7-10,31-32H2,1-6H3. The summed E-state index contributed by atoms with van der Waals surface area (Å²) in [5.74, 6) is -0.960. The van der Waals surface area contributed by atoms with Gasteiger partial charge in [0.2, 0.25) is 0 Å².